The van der Waals surface area contributed by atoms with Crippen LogP contribution in [0.5, 0.6) is 0 Å². The van der Waals surface area contributed by atoms with Crippen molar-refractivity contribution in [3.63, 3.8) is 0 Å². The predicted octanol–water partition coefficient (Wildman–Crippen LogP) is 18.0. The molecule has 0 radical (unpaired) electrons. The highest BCUT2D eigenvalue weighted by atomic mass is 16.6. The largest absolute Gasteiger partial charge is 0.462 e. The first-order valence-corrected chi connectivity index (χ1v) is 27.3. The van der Waals surface area contributed by atoms with Crippen LogP contribution in [0.2, 0.25) is 0 Å². The number of carbonyl (C=O) groups excluding carboxylic acids is 3. The summed E-state index contributed by atoms with van der Waals surface area (Å²) in [6.07, 6.45) is 65.0. The van der Waals surface area contributed by atoms with Gasteiger partial charge in [-0.15, -0.1) is 0 Å². The van der Waals surface area contributed by atoms with Crippen LogP contribution < -0.4 is 0 Å². The lowest BCUT2D eigenvalue weighted by Gasteiger charge is -2.18. The van der Waals surface area contributed by atoms with Gasteiger partial charge in [-0.1, -0.05) is 229 Å². The minimum Gasteiger partial charge on any atom is -0.462 e. The SMILES string of the molecule is CC/C=C\C/C=C\C/C=C\C/C=C\CCCCC(=O)O[C@H](COC(=O)CCCCCCCCCCC/C=C\CCCCCCCC)COC(=O)CCCCCCCCCCCCCC. The first-order chi connectivity index (χ1) is 31.5. The molecule has 6 nitrogen and oxygen atoms in total. The molecule has 0 aromatic rings. The smallest absolute Gasteiger partial charge is 0.306 e. The van der Waals surface area contributed by atoms with Crippen molar-refractivity contribution in [1.29, 1.82) is 0 Å². The van der Waals surface area contributed by atoms with E-state index in [9.17, 15) is 14.4 Å². The standard InChI is InChI=1S/C58H102O6/c1-4-7-10-13-16-19-22-25-27-28-29-30-32-33-36-39-42-45-48-51-57(60)63-54-55(53-62-56(59)50-47-44-41-38-35-24-21-18-15-12-9-6-3)64-58(61)52-49-46-43-40-37-34-31-26-23-20-17-14-11-8-5-2/h8,11,17,20,25-27,31,37,40,55H,4-7,9-10,12-16,18-19,21-24,28-30,32-36,38-39,41-54H2,1-3H3/b11-8-,20-17-,27-25-,31-26-,40-37-/t55-/m0/s1. The maximum absolute atomic E-state index is 12.8. The Morgan fingerprint density at radius 1 is 0.328 bits per heavy atom. The topological polar surface area (TPSA) is 78.9 Å². The van der Waals surface area contributed by atoms with E-state index in [4.69, 9.17) is 14.2 Å². The minimum atomic E-state index is -0.794. The molecule has 0 fully saturated rings. The van der Waals surface area contributed by atoms with Gasteiger partial charge in [-0.05, 0) is 83.5 Å². The number of esters is 3. The predicted molar refractivity (Wildman–Crippen MR) is 275 cm³/mol. The zero-order chi connectivity index (χ0) is 46.5. The summed E-state index contributed by atoms with van der Waals surface area (Å²) in [4.78, 5) is 38.0. The molecule has 0 bridgehead atoms. The molecule has 0 aromatic heterocycles. The van der Waals surface area contributed by atoms with Gasteiger partial charge in [-0.3, -0.25) is 14.4 Å². The molecule has 0 aromatic carbocycles. The summed E-state index contributed by atoms with van der Waals surface area (Å²) >= 11 is 0. The van der Waals surface area contributed by atoms with Crippen LogP contribution in [-0.2, 0) is 28.6 Å². The monoisotopic (exact) mass is 895 g/mol. The van der Waals surface area contributed by atoms with E-state index in [1.807, 2.05) is 0 Å². The van der Waals surface area contributed by atoms with Gasteiger partial charge >= 0.3 is 17.9 Å². The Hall–Kier alpha value is -2.89. The molecule has 0 saturated carbocycles. The molecule has 0 N–H and O–H groups in total. The van der Waals surface area contributed by atoms with Gasteiger partial charge in [0.15, 0.2) is 6.10 Å². The van der Waals surface area contributed by atoms with Gasteiger partial charge in [0.05, 0.1) is 0 Å². The second-order valence-corrected chi connectivity index (χ2v) is 18.1. The number of ether oxygens (including phenoxy) is 3. The van der Waals surface area contributed by atoms with Crippen molar-refractivity contribution in [1.82, 2.24) is 0 Å². The molecular weight excluding hydrogens is 793 g/mol. The molecule has 370 valence electrons. The number of hydrogen-bond donors (Lipinski definition) is 0. The fourth-order valence-electron chi connectivity index (χ4n) is 7.66. The maximum atomic E-state index is 12.8. The molecule has 0 rings (SSSR count). The van der Waals surface area contributed by atoms with Crippen molar-refractivity contribution in [2.75, 3.05) is 13.2 Å². The Morgan fingerprint density at radius 3 is 1.00 bits per heavy atom. The highest BCUT2D eigenvalue weighted by Crippen LogP contribution is 2.15. The average molecular weight is 895 g/mol. The van der Waals surface area contributed by atoms with E-state index in [1.165, 1.54) is 148 Å². The van der Waals surface area contributed by atoms with Crippen molar-refractivity contribution < 1.29 is 28.6 Å². The molecule has 64 heavy (non-hydrogen) atoms. The van der Waals surface area contributed by atoms with Crippen molar-refractivity contribution in [3.8, 4) is 0 Å². The van der Waals surface area contributed by atoms with Crippen LogP contribution >= 0.6 is 0 Å². The maximum Gasteiger partial charge on any atom is 0.306 e. The summed E-state index contributed by atoms with van der Waals surface area (Å²) in [6.45, 7) is 6.50. The van der Waals surface area contributed by atoms with Crippen LogP contribution in [0.3, 0.4) is 0 Å². The molecule has 0 aliphatic rings. The highest BCUT2D eigenvalue weighted by Gasteiger charge is 2.19. The van der Waals surface area contributed by atoms with E-state index in [-0.39, 0.29) is 37.5 Å². The van der Waals surface area contributed by atoms with Crippen LogP contribution in [0.25, 0.3) is 0 Å². The zero-order valence-corrected chi connectivity index (χ0v) is 42.3. The third-order valence-electron chi connectivity index (χ3n) is 11.8. The molecule has 0 heterocycles. The molecule has 6 heteroatoms. The Labute approximate surface area is 396 Å². The zero-order valence-electron chi connectivity index (χ0n) is 42.3. The van der Waals surface area contributed by atoms with E-state index < -0.39 is 6.10 Å². The van der Waals surface area contributed by atoms with Gasteiger partial charge in [0, 0.05) is 19.3 Å². The van der Waals surface area contributed by atoms with Crippen molar-refractivity contribution in [2.24, 2.45) is 0 Å². The van der Waals surface area contributed by atoms with E-state index in [2.05, 4.69) is 81.5 Å². The fourth-order valence-corrected chi connectivity index (χ4v) is 7.66. The Bertz CT molecular complexity index is 1170. The first kappa shape index (κ1) is 61.1. The van der Waals surface area contributed by atoms with Crippen molar-refractivity contribution >= 4 is 17.9 Å². The average Bonchev–Trinajstić information content (AvgIpc) is 3.29. The summed E-state index contributed by atoms with van der Waals surface area (Å²) in [5.41, 5.74) is 0. The van der Waals surface area contributed by atoms with Crippen molar-refractivity contribution in [2.45, 2.75) is 277 Å². The second-order valence-electron chi connectivity index (χ2n) is 18.1. The number of rotatable bonds is 49. The molecular formula is C58H102O6. The third-order valence-corrected chi connectivity index (χ3v) is 11.8. The highest BCUT2D eigenvalue weighted by molar-refractivity contribution is 5.71. The lowest BCUT2D eigenvalue weighted by Crippen LogP contribution is -2.30. The first-order valence-electron chi connectivity index (χ1n) is 27.3. The second kappa shape index (κ2) is 52.7. The Morgan fingerprint density at radius 2 is 0.609 bits per heavy atom. The van der Waals surface area contributed by atoms with E-state index in [0.29, 0.717) is 19.3 Å². The van der Waals surface area contributed by atoms with Gasteiger partial charge in [0.1, 0.15) is 13.2 Å². The number of hydrogen-bond acceptors (Lipinski definition) is 6. The molecule has 0 unspecified atom stereocenters. The normalized spacial score (nSPS) is 12.5. The van der Waals surface area contributed by atoms with E-state index >= 15 is 0 Å². The lowest BCUT2D eigenvalue weighted by molar-refractivity contribution is -0.167. The quantitative estimate of drug-likeness (QED) is 0.0262. The van der Waals surface area contributed by atoms with Crippen molar-refractivity contribution in [3.05, 3.63) is 60.8 Å². The summed E-state index contributed by atoms with van der Waals surface area (Å²) in [7, 11) is 0. The van der Waals surface area contributed by atoms with Crippen LogP contribution in [-0.4, -0.2) is 37.2 Å². The van der Waals surface area contributed by atoms with Crippen LogP contribution in [0.4, 0.5) is 0 Å². The van der Waals surface area contributed by atoms with Gasteiger partial charge in [0.25, 0.3) is 0 Å². The van der Waals surface area contributed by atoms with Gasteiger partial charge < -0.3 is 14.2 Å². The Balaban J connectivity index is 4.38. The third kappa shape index (κ3) is 50.1. The van der Waals surface area contributed by atoms with Gasteiger partial charge in [-0.25, -0.2) is 0 Å². The summed E-state index contributed by atoms with van der Waals surface area (Å²) in [5.74, 6) is -0.926. The fraction of sp³-hybridized carbons (Fsp3) is 0.776. The molecule has 0 saturated heterocycles. The van der Waals surface area contributed by atoms with Crippen LogP contribution in [0.1, 0.15) is 271 Å². The number of unbranched alkanes of at least 4 members (excludes halogenated alkanes) is 28. The lowest BCUT2D eigenvalue weighted by atomic mass is 10.0. The summed E-state index contributed by atoms with van der Waals surface area (Å²) in [5, 5.41) is 0. The van der Waals surface area contributed by atoms with Crippen LogP contribution in [0.15, 0.2) is 60.8 Å². The number of allylic oxidation sites excluding steroid dienone is 10. The molecule has 0 aliphatic heterocycles. The Kier molecular flexibility index (Phi) is 50.4. The summed E-state index contributed by atoms with van der Waals surface area (Å²) in [6, 6.07) is 0. The number of carbonyl (C=O) groups is 3. The van der Waals surface area contributed by atoms with E-state index in [1.54, 1.807) is 0 Å². The molecule has 0 amide bonds. The minimum absolute atomic E-state index is 0.0893. The molecule has 1 atom stereocenters. The van der Waals surface area contributed by atoms with Gasteiger partial charge in [-0.2, -0.15) is 0 Å². The van der Waals surface area contributed by atoms with E-state index in [0.717, 1.165) is 77.0 Å². The van der Waals surface area contributed by atoms with Crippen LogP contribution in [0, 0.1) is 0 Å². The summed E-state index contributed by atoms with van der Waals surface area (Å²) < 4.78 is 16.8. The molecule has 0 aliphatic carbocycles. The molecule has 0 spiro atoms. The van der Waals surface area contributed by atoms with Gasteiger partial charge in [0.2, 0.25) is 0 Å².